The first-order valence-corrected chi connectivity index (χ1v) is 8.14. The van der Waals surface area contributed by atoms with Crippen LogP contribution in [-0.4, -0.2) is 40.8 Å². The van der Waals surface area contributed by atoms with Gasteiger partial charge in [0.15, 0.2) is 0 Å². The van der Waals surface area contributed by atoms with Crippen molar-refractivity contribution in [3.8, 4) is 0 Å². The monoisotopic (exact) mass is 315 g/mol. The third-order valence-corrected chi connectivity index (χ3v) is 4.76. The molecule has 0 aromatic carbocycles. The van der Waals surface area contributed by atoms with E-state index in [2.05, 4.69) is 9.78 Å². The second kappa shape index (κ2) is 5.85. The van der Waals surface area contributed by atoms with E-state index in [9.17, 15) is 4.79 Å². The molecular formula is C17H21N3O3. The lowest BCUT2D eigenvalue weighted by Crippen LogP contribution is -2.42. The molecule has 3 heterocycles. The molecule has 1 atom stereocenters. The van der Waals surface area contributed by atoms with Crippen LogP contribution >= 0.6 is 0 Å². The summed E-state index contributed by atoms with van der Waals surface area (Å²) in [4.78, 5) is 14.7. The lowest BCUT2D eigenvalue weighted by molar-refractivity contribution is 0.0481. The summed E-state index contributed by atoms with van der Waals surface area (Å²) < 4.78 is 12.6. The summed E-state index contributed by atoms with van der Waals surface area (Å²) >= 11 is 0. The van der Waals surface area contributed by atoms with Crippen LogP contribution < -0.4 is 0 Å². The van der Waals surface area contributed by atoms with Crippen LogP contribution in [0.3, 0.4) is 0 Å². The van der Waals surface area contributed by atoms with Gasteiger partial charge in [0.2, 0.25) is 0 Å². The Hall–Kier alpha value is -2.08. The van der Waals surface area contributed by atoms with Crippen molar-refractivity contribution in [2.24, 2.45) is 5.92 Å². The van der Waals surface area contributed by atoms with E-state index in [1.165, 1.54) is 30.9 Å². The fourth-order valence-corrected chi connectivity index (χ4v) is 3.37. The van der Waals surface area contributed by atoms with Gasteiger partial charge >= 0.3 is 0 Å². The normalized spacial score (nSPS) is 20.6. The standard InChI is InChI=1S/C17H21N3O3/c1-22-11-15-16-13(8-18-20(16)9-12-2-3-12)4-6-19(15)17(21)14-5-7-23-10-14/h5,7-8,10,12,15H,2-4,6,9,11H2,1H3. The maximum atomic E-state index is 12.8. The predicted molar refractivity (Wildman–Crippen MR) is 83.0 cm³/mol. The minimum absolute atomic E-state index is 0.00868. The van der Waals surface area contributed by atoms with Crippen molar-refractivity contribution in [2.45, 2.75) is 31.8 Å². The van der Waals surface area contributed by atoms with Crippen LogP contribution in [-0.2, 0) is 17.7 Å². The van der Waals surface area contributed by atoms with Crippen molar-refractivity contribution in [1.82, 2.24) is 14.7 Å². The van der Waals surface area contributed by atoms with Gasteiger partial charge in [0.25, 0.3) is 5.91 Å². The first-order valence-electron chi connectivity index (χ1n) is 8.14. The van der Waals surface area contributed by atoms with Crippen molar-refractivity contribution in [2.75, 3.05) is 20.3 Å². The molecule has 1 aliphatic heterocycles. The molecule has 2 aliphatic rings. The zero-order chi connectivity index (χ0) is 15.8. The van der Waals surface area contributed by atoms with E-state index in [1.54, 1.807) is 13.2 Å². The molecule has 2 aromatic rings. The topological polar surface area (TPSA) is 60.5 Å². The van der Waals surface area contributed by atoms with Crippen LogP contribution in [0.2, 0.25) is 0 Å². The molecule has 6 heteroatoms. The summed E-state index contributed by atoms with van der Waals surface area (Å²) in [6, 6.07) is 1.62. The quantitative estimate of drug-likeness (QED) is 0.849. The number of carbonyl (C=O) groups is 1. The number of ether oxygens (including phenoxy) is 1. The van der Waals surface area contributed by atoms with E-state index in [-0.39, 0.29) is 11.9 Å². The SMILES string of the molecule is COCC1c2c(cnn2CC2CC2)CCN1C(=O)c1ccoc1. The van der Waals surface area contributed by atoms with Gasteiger partial charge in [-0.3, -0.25) is 9.48 Å². The van der Waals surface area contributed by atoms with E-state index in [0.717, 1.165) is 24.6 Å². The largest absolute Gasteiger partial charge is 0.472 e. The molecule has 0 spiro atoms. The summed E-state index contributed by atoms with van der Waals surface area (Å²) in [5.74, 6) is 0.729. The number of fused-ring (bicyclic) bond motifs is 1. The first-order chi connectivity index (χ1) is 11.3. The van der Waals surface area contributed by atoms with Gasteiger partial charge in [-0.2, -0.15) is 5.10 Å². The molecule has 0 saturated heterocycles. The number of aromatic nitrogens is 2. The van der Waals surface area contributed by atoms with Gasteiger partial charge in [-0.15, -0.1) is 0 Å². The Morgan fingerprint density at radius 2 is 2.35 bits per heavy atom. The number of hydrogen-bond acceptors (Lipinski definition) is 4. The number of amides is 1. The highest BCUT2D eigenvalue weighted by atomic mass is 16.5. The number of nitrogens with zero attached hydrogens (tertiary/aromatic N) is 3. The third kappa shape index (κ3) is 2.67. The van der Waals surface area contributed by atoms with Crippen LogP contribution in [0.5, 0.6) is 0 Å². The molecule has 6 nitrogen and oxygen atoms in total. The maximum absolute atomic E-state index is 12.8. The van der Waals surface area contributed by atoms with Crippen LogP contribution in [0, 0.1) is 5.92 Å². The van der Waals surface area contributed by atoms with Gasteiger partial charge in [-0.25, -0.2) is 0 Å². The summed E-state index contributed by atoms with van der Waals surface area (Å²) in [5, 5.41) is 4.57. The number of methoxy groups -OCH3 is 1. The maximum Gasteiger partial charge on any atom is 0.257 e. The molecule has 1 saturated carbocycles. The molecule has 1 aliphatic carbocycles. The summed E-state index contributed by atoms with van der Waals surface area (Å²) in [6.07, 6.45) is 8.39. The average Bonchev–Trinajstić information content (AvgIpc) is 3.05. The Morgan fingerprint density at radius 3 is 3.04 bits per heavy atom. The molecule has 0 bridgehead atoms. The predicted octanol–water partition coefficient (Wildman–Crippen LogP) is 2.27. The lowest BCUT2D eigenvalue weighted by atomic mass is 9.99. The van der Waals surface area contributed by atoms with Gasteiger partial charge < -0.3 is 14.1 Å². The smallest absolute Gasteiger partial charge is 0.257 e. The fraction of sp³-hybridized carbons (Fsp3) is 0.529. The van der Waals surface area contributed by atoms with Crippen LogP contribution in [0.25, 0.3) is 0 Å². The van der Waals surface area contributed by atoms with Crippen molar-refractivity contribution in [3.05, 3.63) is 41.6 Å². The minimum atomic E-state index is -0.0904. The molecule has 122 valence electrons. The highest BCUT2D eigenvalue weighted by Crippen LogP contribution is 2.35. The van der Waals surface area contributed by atoms with Gasteiger partial charge in [0.05, 0.1) is 36.4 Å². The van der Waals surface area contributed by atoms with Crippen molar-refractivity contribution in [3.63, 3.8) is 0 Å². The van der Waals surface area contributed by atoms with E-state index >= 15 is 0 Å². The number of hydrogen-bond donors (Lipinski definition) is 0. The zero-order valence-corrected chi connectivity index (χ0v) is 13.3. The average molecular weight is 315 g/mol. The van der Waals surface area contributed by atoms with Crippen molar-refractivity contribution in [1.29, 1.82) is 0 Å². The molecule has 1 unspecified atom stereocenters. The Kier molecular flexibility index (Phi) is 3.69. The molecule has 1 fully saturated rings. The highest BCUT2D eigenvalue weighted by Gasteiger charge is 2.36. The van der Waals surface area contributed by atoms with Gasteiger partial charge in [0, 0.05) is 20.2 Å². The number of carbonyl (C=O) groups excluding carboxylic acids is 1. The van der Waals surface area contributed by atoms with E-state index < -0.39 is 0 Å². The Labute approximate surface area is 135 Å². The molecule has 0 radical (unpaired) electrons. The van der Waals surface area contributed by atoms with Gasteiger partial charge in [-0.05, 0) is 36.8 Å². The molecule has 2 aromatic heterocycles. The molecule has 23 heavy (non-hydrogen) atoms. The van der Waals surface area contributed by atoms with Gasteiger partial charge in [-0.1, -0.05) is 0 Å². The molecule has 4 rings (SSSR count). The number of furan rings is 1. The van der Waals surface area contributed by atoms with E-state index in [1.807, 2.05) is 11.1 Å². The van der Waals surface area contributed by atoms with E-state index in [0.29, 0.717) is 18.7 Å². The molecule has 1 amide bonds. The van der Waals surface area contributed by atoms with Gasteiger partial charge in [0.1, 0.15) is 6.26 Å². The third-order valence-electron chi connectivity index (χ3n) is 4.76. The first kappa shape index (κ1) is 14.5. The zero-order valence-electron chi connectivity index (χ0n) is 13.3. The lowest BCUT2D eigenvalue weighted by Gasteiger charge is -2.36. The second-order valence-electron chi connectivity index (χ2n) is 6.41. The summed E-state index contributed by atoms with van der Waals surface area (Å²) in [6.45, 7) is 2.11. The number of rotatable bonds is 5. The van der Waals surface area contributed by atoms with Crippen LogP contribution in [0.1, 0.15) is 40.5 Å². The Morgan fingerprint density at radius 1 is 1.48 bits per heavy atom. The van der Waals surface area contributed by atoms with E-state index in [4.69, 9.17) is 9.15 Å². The molecule has 0 N–H and O–H groups in total. The van der Waals surface area contributed by atoms with Crippen molar-refractivity contribution >= 4 is 5.91 Å². The van der Waals surface area contributed by atoms with Crippen molar-refractivity contribution < 1.29 is 13.9 Å². The minimum Gasteiger partial charge on any atom is -0.472 e. The fourth-order valence-electron chi connectivity index (χ4n) is 3.37. The van der Waals surface area contributed by atoms with Crippen LogP contribution in [0.15, 0.2) is 29.2 Å². The Balaban J connectivity index is 1.66. The second-order valence-corrected chi connectivity index (χ2v) is 6.41. The summed E-state index contributed by atoms with van der Waals surface area (Å²) in [7, 11) is 1.68. The summed E-state index contributed by atoms with van der Waals surface area (Å²) in [5.41, 5.74) is 2.97. The molecular weight excluding hydrogens is 294 g/mol. The van der Waals surface area contributed by atoms with Crippen LogP contribution in [0.4, 0.5) is 0 Å². The Bertz CT molecular complexity index is 688. The highest BCUT2D eigenvalue weighted by molar-refractivity contribution is 5.94.